The summed E-state index contributed by atoms with van der Waals surface area (Å²) >= 11 is 5.24. The first-order chi connectivity index (χ1) is 12.1. The maximum absolute atomic E-state index is 12.2. The van der Waals surface area contributed by atoms with Gasteiger partial charge < -0.3 is 5.11 Å². The zero-order valence-corrected chi connectivity index (χ0v) is 15.4. The van der Waals surface area contributed by atoms with Crippen LogP contribution in [0.5, 0.6) is 5.88 Å². The third kappa shape index (κ3) is 4.60. The van der Waals surface area contributed by atoms with Crippen LogP contribution in [0, 0.1) is 4.77 Å². The summed E-state index contributed by atoms with van der Waals surface area (Å²) in [6, 6.07) is 0. The lowest BCUT2D eigenvalue weighted by molar-refractivity contribution is 0.240. The number of aromatic hydroxyl groups is 1. The monoisotopic (exact) mass is 362 g/mol. The van der Waals surface area contributed by atoms with Crippen molar-refractivity contribution in [3.05, 3.63) is 32.3 Å². The molecule has 0 radical (unpaired) electrons. The van der Waals surface area contributed by atoms with Gasteiger partial charge >= 0.3 is 0 Å². The minimum absolute atomic E-state index is 0.0917. The van der Waals surface area contributed by atoms with E-state index < -0.39 is 5.56 Å². The molecule has 0 unspecified atom stereocenters. The molecule has 7 heteroatoms. The number of nitrogens with one attached hydrogen (secondary N) is 1. The van der Waals surface area contributed by atoms with Crippen molar-refractivity contribution < 1.29 is 5.11 Å². The first-order valence-corrected chi connectivity index (χ1v) is 9.59. The third-order valence-electron chi connectivity index (χ3n) is 4.93. The summed E-state index contributed by atoms with van der Waals surface area (Å²) in [5.74, 6) is -0.0917. The van der Waals surface area contributed by atoms with Crippen molar-refractivity contribution in [3.63, 3.8) is 0 Å². The zero-order chi connectivity index (χ0) is 17.6. The highest BCUT2D eigenvalue weighted by Crippen LogP contribution is 2.22. The predicted molar refractivity (Wildman–Crippen MR) is 102 cm³/mol. The zero-order valence-electron chi connectivity index (χ0n) is 14.5. The van der Waals surface area contributed by atoms with E-state index in [1.807, 2.05) is 5.01 Å². The molecular weight excluding hydrogens is 336 g/mol. The normalized spacial score (nSPS) is 18.6. The highest BCUT2D eigenvalue weighted by molar-refractivity contribution is 7.71. The molecule has 1 aliphatic heterocycles. The Balaban J connectivity index is 1.78. The van der Waals surface area contributed by atoms with Gasteiger partial charge in [0.05, 0.1) is 6.21 Å². The Morgan fingerprint density at radius 1 is 1.24 bits per heavy atom. The topological polar surface area (TPSA) is 73.6 Å². The average Bonchev–Trinajstić information content (AvgIpc) is 2.63. The van der Waals surface area contributed by atoms with E-state index >= 15 is 0 Å². The second-order valence-electron chi connectivity index (χ2n) is 6.77. The van der Waals surface area contributed by atoms with Gasteiger partial charge in [0.2, 0.25) is 5.88 Å². The molecule has 2 aliphatic rings. The lowest BCUT2D eigenvalue weighted by Gasteiger charge is -2.23. The summed E-state index contributed by atoms with van der Waals surface area (Å²) < 4.78 is 1.86. The molecule has 3 rings (SSSR count). The van der Waals surface area contributed by atoms with Gasteiger partial charge in [-0.2, -0.15) is 5.10 Å². The summed E-state index contributed by atoms with van der Waals surface area (Å²) in [7, 11) is 0. The van der Waals surface area contributed by atoms with E-state index in [0.29, 0.717) is 6.54 Å². The van der Waals surface area contributed by atoms with Crippen molar-refractivity contribution in [2.45, 2.75) is 57.9 Å². The van der Waals surface area contributed by atoms with Gasteiger partial charge in [-0.25, -0.2) is 0 Å². The molecule has 0 spiro atoms. The molecule has 2 heterocycles. The molecule has 1 fully saturated rings. The Morgan fingerprint density at radius 2 is 2.04 bits per heavy atom. The van der Waals surface area contributed by atoms with Gasteiger partial charge in [0, 0.05) is 19.6 Å². The Labute approximate surface area is 152 Å². The van der Waals surface area contributed by atoms with Crippen molar-refractivity contribution in [1.82, 2.24) is 14.6 Å². The molecule has 136 valence electrons. The van der Waals surface area contributed by atoms with Gasteiger partial charge in [0.1, 0.15) is 5.56 Å². The smallest absolute Gasteiger partial charge is 0.264 e. The van der Waals surface area contributed by atoms with Gasteiger partial charge in [-0.15, -0.1) is 0 Å². The minimum atomic E-state index is -0.392. The Morgan fingerprint density at radius 3 is 2.76 bits per heavy atom. The van der Waals surface area contributed by atoms with E-state index in [-0.39, 0.29) is 16.2 Å². The molecule has 0 aromatic carbocycles. The van der Waals surface area contributed by atoms with Crippen molar-refractivity contribution in [2.75, 3.05) is 13.1 Å². The van der Waals surface area contributed by atoms with Gasteiger partial charge in [-0.1, -0.05) is 11.6 Å². The van der Waals surface area contributed by atoms with Gasteiger partial charge in [0.25, 0.3) is 5.56 Å². The van der Waals surface area contributed by atoms with Crippen LogP contribution in [-0.4, -0.2) is 39.0 Å². The van der Waals surface area contributed by atoms with Crippen molar-refractivity contribution >= 4 is 18.4 Å². The molecule has 1 aromatic heterocycles. The number of allylic oxidation sites excluding steroid dienone is 2. The van der Waals surface area contributed by atoms with Crippen LogP contribution in [0.1, 0.15) is 56.9 Å². The average molecular weight is 362 g/mol. The van der Waals surface area contributed by atoms with Gasteiger partial charge in [0.15, 0.2) is 4.77 Å². The number of H-pyrrole nitrogens is 1. The standard InChI is InChI=1S/C18H26N4O2S/c23-16-15(13-19-21-10-5-2-6-11-21)17(24)22(18(25)20-16)12-9-14-7-3-1-4-8-14/h7,13,24H,1-6,8-12H2,(H,20,23,25). The second-order valence-corrected chi connectivity index (χ2v) is 7.15. The molecule has 25 heavy (non-hydrogen) atoms. The second kappa shape index (κ2) is 8.47. The quantitative estimate of drug-likeness (QED) is 0.479. The molecule has 0 saturated carbocycles. The molecule has 1 saturated heterocycles. The van der Waals surface area contributed by atoms with Crippen LogP contribution in [0.4, 0.5) is 0 Å². The number of nitrogens with zero attached hydrogens (tertiary/aromatic N) is 3. The minimum Gasteiger partial charge on any atom is -0.494 e. The first-order valence-electron chi connectivity index (χ1n) is 9.18. The number of hydrazone groups is 1. The molecular formula is C18H26N4O2S. The lowest BCUT2D eigenvalue weighted by atomic mass is 9.97. The van der Waals surface area contributed by atoms with Gasteiger partial charge in [-0.05, 0) is 63.6 Å². The highest BCUT2D eigenvalue weighted by Gasteiger charge is 2.13. The van der Waals surface area contributed by atoms with E-state index in [2.05, 4.69) is 16.2 Å². The summed E-state index contributed by atoms with van der Waals surface area (Å²) in [6.45, 7) is 2.35. The number of aromatic nitrogens is 2. The molecule has 6 nitrogen and oxygen atoms in total. The summed E-state index contributed by atoms with van der Waals surface area (Å²) in [4.78, 5) is 14.8. The Hall–Kier alpha value is -1.89. The van der Waals surface area contributed by atoms with Crippen LogP contribution in [-0.2, 0) is 6.54 Å². The van der Waals surface area contributed by atoms with E-state index in [9.17, 15) is 9.90 Å². The maximum atomic E-state index is 12.2. The van der Waals surface area contributed by atoms with Crippen LogP contribution in [0.2, 0.25) is 0 Å². The highest BCUT2D eigenvalue weighted by atomic mass is 32.1. The fourth-order valence-electron chi connectivity index (χ4n) is 3.42. The molecule has 2 N–H and O–H groups in total. The fraction of sp³-hybridized carbons (Fsp3) is 0.611. The third-order valence-corrected chi connectivity index (χ3v) is 5.25. The fourth-order valence-corrected chi connectivity index (χ4v) is 3.69. The number of piperidine rings is 1. The lowest BCUT2D eigenvalue weighted by Crippen LogP contribution is -2.25. The van der Waals surface area contributed by atoms with Gasteiger partial charge in [-0.3, -0.25) is 19.4 Å². The van der Waals surface area contributed by atoms with Crippen molar-refractivity contribution in [2.24, 2.45) is 5.10 Å². The number of hydrogen-bond acceptors (Lipinski definition) is 5. The van der Waals surface area contributed by atoms with Crippen LogP contribution < -0.4 is 5.56 Å². The van der Waals surface area contributed by atoms with E-state index in [1.165, 1.54) is 31.1 Å². The van der Waals surface area contributed by atoms with Crippen LogP contribution >= 0.6 is 12.2 Å². The first kappa shape index (κ1) is 17.9. The predicted octanol–water partition coefficient (Wildman–Crippen LogP) is 3.32. The van der Waals surface area contributed by atoms with E-state index in [4.69, 9.17) is 12.2 Å². The van der Waals surface area contributed by atoms with Crippen molar-refractivity contribution in [3.8, 4) is 5.88 Å². The van der Waals surface area contributed by atoms with Crippen LogP contribution in [0.25, 0.3) is 0 Å². The SMILES string of the molecule is O=c1[nH]c(=S)n(CCC2=CCCCC2)c(O)c1C=NN1CCCCC1. The Bertz CT molecular complexity index is 772. The number of rotatable bonds is 5. The van der Waals surface area contributed by atoms with Crippen molar-refractivity contribution in [1.29, 1.82) is 0 Å². The molecule has 0 bridgehead atoms. The largest absolute Gasteiger partial charge is 0.494 e. The van der Waals surface area contributed by atoms with E-state index in [1.54, 1.807) is 4.57 Å². The maximum Gasteiger partial charge on any atom is 0.264 e. The molecule has 0 amide bonds. The molecule has 1 aromatic rings. The summed E-state index contributed by atoms with van der Waals surface area (Å²) in [6.07, 6.45) is 12.8. The summed E-state index contributed by atoms with van der Waals surface area (Å²) in [5.41, 5.74) is 1.19. The molecule has 0 atom stereocenters. The summed E-state index contributed by atoms with van der Waals surface area (Å²) in [5, 5.41) is 16.9. The number of hydrogen-bond donors (Lipinski definition) is 2. The number of aromatic amines is 1. The molecule has 1 aliphatic carbocycles. The van der Waals surface area contributed by atoms with E-state index in [0.717, 1.165) is 45.2 Å². The van der Waals surface area contributed by atoms with Crippen LogP contribution in [0.3, 0.4) is 0 Å². The van der Waals surface area contributed by atoms with Crippen LogP contribution in [0.15, 0.2) is 21.5 Å². The Kier molecular flexibility index (Phi) is 6.07.